The van der Waals surface area contributed by atoms with Gasteiger partial charge in [0, 0.05) is 36.6 Å². The molecule has 0 aliphatic carbocycles. The Kier molecular flexibility index (Phi) is 4.68. The predicted molar refractivity (Wildman–Crippen MR) is 92.8 cm³/mol. The maximum Gasteiger partial charge on any atom is 0.229 e. The van der Waals surface area contributed by atoms with E-state index in [2.05, 4.69) is 4.98 Å². The average Bonchev–Trinajstić information content (AvgIpc) is 3.12. The minimum atomic E-state index is 0.0609. The highest BCUT2D eigenvalue weighted by Gasteiger charge is 2.32. The maximum atomic E-state index is 12.2. The van der Waals surface area contributed by atoms with Gasteiger partial charge in [-0.1, -0.05) is 11.8 Å². The summed E-state index contributed by atoms with van der Waals surface area (Å²) in [6, 6.07) is 6.83. The SMILES string of the molecule is CC(=O)SCC1CC(=O)N(c2nc(-c3ccc(O)cc3)cs2)C1. The fraction of sp³-hybridized carbons (Fsp3) is 0.312. The number of aromatic hydroxyl groups is 1. The summed E-state index contributed by atoms with van der Waals surface area (Å²) >= 11 is 2.71. The number of anilines is 1. The molecule has 1 aromatic carbocycles. The van der Waals surface area contributed by atoms with Crippen LogP contribution in [0.1, 0.15) is 13.3 Å². The Balaban J connectivity index is 1.71. The minimum Gasteiger partial charge on any atom is -0.508 e. The van der Waals surface area contributed by atoms with E-state index < -0.39 is 0 Å². The Hall–Kier alpha value is -1.86. The molecule has 3 rings (SSSR count). The van der Waals surface area contributed by atoms with E-state index >= 15 is 0 Å². The largest absolute Gasteiger partial charge is 0.508 e. The highest BCUT2D eigenvalue weighted by Crippen LogP contribution is 2.32. The molecule has 1 unspecified atom stereocenters. The van der Waals surface area contributed by atoms with Gasteiger partial charge in [-0.15, -0.1) is 11.3 Å². The molecule has 1 saturated heterocycles. The number of aromatic nitrogens is 1. The summed E-state index contributed by atoms with van der Waals surface area (Å²) in [6.45, 7) is 2.16. The van der Waals surface area contributed by atoms with Crippen molar-refractivity contribution in [3.8, 4) is 17.0 Å². The zero-order valence-electron chi connectivity index (χ0n) is 12.6. The van der Waals surface area contributed by atoms with Gasteiger partial charge in [-0.05, 0) is 30.2 Å². The van der Waals surface area contributed by atoms with Gasteiger partial charge < -0.3 is 5.11 Å². The number of hydrogen-bond donors (Lipinski definition) is 1. The average molecular weight is 348 g/mol. The summed E-state index contributed by atoms with van der Waals surface area (Å²) < 4.78 is 0. The smallest absolute Gasteiger partial charge is 0.229 e. The second-order valence-corrected chi connectivity index (χ2v) is 7.47. The molecule has 1 N–H and O–H groups in total. The molecule has 1 aliphatic heterocycles. The quantitative estimate of drug-likeness (QED) is 0.919. The molecule has 5 nitrogen and oxygen atoms in total. The summed E-state index contributed by atoms with van der Waals surface area (Å²) in [5.41, 5.74) is 1.69. The van der Waals surface area contributed by atoms with Crippen LogP contribution in [0.5, 0.6) is 5.75 Å². The monoisotopic (exact) mass is 348 g/mol. The van der Waals surface area contributed by atoms with Gasteiger partial charge in [-0.2, -0.15) is 0 Å². The van der Waals surface area contributed by atoms with Gasteiger partial charge in [0.05, 0.1) is 5.69 Å². The first-order chi connectivity index (χ1) is 11.0. The van der Waals surface area contributed by atoms with Crippen molar-refractivity contribution in [3.63, 3.8) is 0 Å². The van der Waals surface area contributed by atoms with Gasteiger partial charge in [-0.25, -0.2) is 4.98 Å². The van der Waals surface area contributed by atoms with Gasteiger partial charge in [-0.3, -0.25) is 14.5 Å². The zero-order chi connectivity index (χ0) is 16.4. The maximum absolute atomic E-state index is 12.2. The number of phenolic OH excluding ortho intramolecular Hbond substituents is 1. The molecule has 1 amide bonds. The molecule has 120 valence electrons. The number of phenols is 1. The van der Waals surface area contributed by atoms with Crippen LogP contribution in [0.2, 0.25) is 0 Å². The van der Waals surface area contributed by atoms with Crippen molar-refractivity contribution in [1.29, 1.82) is 0 Å². The van der Waals surface area contributed by atoms with Gasteiger partial charge in [0.15, 0.2) is 10.2 Å². The van der Waals surface area contributed by atoms with Crippen molar-refractivity contribution >= 4 is 39.3 Å². The first kappa shape index (κ1) is 16.0. The summed E-state index contributed by atoms with van der Waals surface area (Å²) in [5.74, 6) is 1.14. The Labute approximate surface area is 142 Å². The number of rotatable bonds is 4. The van der Waals surface area contributed by atoms with Crippen molar-refractivity contribution in [1.82, 2.24) is 4.98 Å². The van der Waals surface area contributed by atoms with E-state index in [0.29, 0.717) is 23.8 Å². The van der Waals surface area contributed by atoms with Gasteiger partial charge >= 0.3 is 0 Å². The molecule has 2 heterocycles. The van der Waals surface area contributed by atoms with E-state index in [1.54, 1.807) is 36.1 Å². The molecule has 1 aromatic heterocycles. The number of benzene rings is 1. The van der Waals surface area contributed by atoms with Crippen LogP contribution in [0.15, 0.2) is 29.6 Å². The molecular formula is C16H16N2O3S2. The van der Waals surface area contributed by atoms with E-state index in [1.165, 1.54) is 23.1 Å². The van der Waals surface area contributed by atoms with E-state index in [0.717, 1.165) is 11.3 Å². The number of carbonyl (C=O) groups excluding carboxylic acids is 2. The second-order valence-electron chi connectivity index (χ2n) is 5.44. The highest BCUT2D eigenvalue weighted by molar-refractivity contribution is 8.13. The van der Waals surface area contributed by atoms with E-state index in [-0.39, 0.29) is 22.7 Å². The summed E-state index contributed by atoms with van der Waals surface area (Å²) in [4.78, 5) is 29.5. The van der Waals surface area contributed by atoms with Crippen LogP contribution in [0.25, 0.3) is 11.3 Å². The van der Waals surface area contributed by atoms with Crippen molar-refractivity contribution in [3.05, 3.63) is 29.6 Å². The zero-order valence-corrected chi connectivity index (χ0v) is 14.2. The second kappa shape index (κ2) is 6.72. The van der Waals surface area contributed by atoms with Crippen LogP contribution in [0, 0.1) is 5.92 Å². The molecular weight excluding hydrogens is 332 g/mol. The molecule has 2 aromatic rings. The Morgan fingerprint density at radius 2 is 2.17 bits per heavy atom. The van der Waals surface area contributed by atoms with E-state index in [1.807, 2.05) is 5.38 Å². The van der Waals surface area contributed by atoms with Gasteiger partial charge in [0.2, 0.25) is 5.91 Å². The first-order valence-electron chi connectivity index (χ1n) is 7.21. The fourth-order valence-electron chi connectivity index (χ4n) is 2.47. The van der Waals surface area contributed by atoms with Crippen LogP contribution >= 0.6 is 23.1 Å². The molecule has 0 radical (unpaired) electrons. The molecule has 0 bridgehead atoms. The van der Waals surface area contributed by atoms with Crippen LogP contribution in [-0.4, -0.2) is 33.4 Å². The van der Waals surface area contributed by atoms with Crippen molar-refractivity contribution in [2.75, 3.05) is 17.2 Å². The normalized spacial score (nSPS) is 17.7. The Bertz CT molecular complexity index is 727. The molecule has 23 heavy (non-hydrogen) atoms. The lowest BCUT2D eigenvalue weighted by Gasteiger charge is -2.12. The first-order valence-corrected chi connectivity index (χ1v) is 9.08. The number of amides is 1. The third-order valence-corrected chi connectivity index (χ3v) is 5.52. The standard InChI is InChI=1S/C16H16N2O3S2/c1-10(19)22-8-11-6-15(21)18(7-11)16-17-14(9-23-16)12-2-4-13(20)5-3-12/h2-5,9,11,20H,6-8H2,1H3. The third-order valence-electron chi connectivity index (χ3n) is 3.61. The highest BCUT2D eigenvalue weighted by atomic mass is 32.2. The lowest BCUT2D eigenvalue weighted by Crippen LogP contribution is -2.24. The Morgan fingerprint density at radius 3 is 2.87 bits per heavy atom. The molecule has 1 aliphatic rings. The number of carbonyl (C=O) groups is 2. The van der Waals surface area contributed by atoms with Gasteiger partial charge in [0.25, 0.3) is 0 Å². The summed E-state index contributed by atoms with van der Waals surface area (Å²) in [5, 5.41) is 12.0. The van der Waals surface area contributed by atoms with Crippen LogP contribution < -0.4 is 4.90 Å². The van der Waals surface area contributed by atoms with Crippen molar-refractivity contribution < 1.29 is 14.7 Å². The number of thioether (sulfide) groups is 1. The van der Waals surface area contributed by atoms with E-state index in [9.17, 15) is 14.7 Å². The molecule has 0 saturated carbocycles. The molecule has 0 spiro atoms. The molecule has 7 heteroatoms. The minimum absolute atomic E-state index is 0.0609. The summed E-state index contributed by atoms with van der Waals surface area (Å²) in [6.07, 6.45) is 0.467. The Morgan fingerprint density at radius 1 is 1.43 bits per heavy atom. The third kappa shape index (κ3) is 3.73. The summed E-state index contributed by atoms with van der Waals surface area (Å²) in [7, 11) is 0. The fourth-order valence-corrected chi connectivity index (χ4v) is 4.02. The van der Waals surface area contributed by atoms with Crippen LogP contribution in [0.3, 0.4) is 0 Å². The number of thiazole rings is 1. The lowest BCUT2D eigenvalue weighted by atomic mass is 10.1. The van der Waals surface area contributed by atoms with E-state index in [4.69, 9.17) is 0 Å². The number of hydrogen-bond acceptors (Lipinski definition) is 6. The van der Waals surface area contributed by atoms with Crippen molar-refractivity contribution in [2.24, 2.45) is 5.92 Å². The lowest BCUT2D eigenvalue weighted by molar-refractivity contribution is -0.117. The number of nitrogens with zero attached hydrogens (tertiary/aromatic N) is 2. The molecule has 1 atom stereocenters. The van der Waals surface area contributed by atoms with Crippen molar-refractivity contribution in [2.45, 2.75) is 13.3 Å². The topological polar surface area (TPSA) is 70.5 Å². The predicted octanol–water partition coefficient (Wildman–Crippen LogP) is 3.15. The van der Waals surface area contributed by atoms with Gasteiger partial charge in [0.1, 0.15) is 5.75 Å². The van der Waals surface area contributed by atoms with Crippen LogP contribution in [0.4, 0.5) is 5.13 Å². The van der Waals surface area contributed by atoms with Crippen LogP contribution in [-0.2, 0) is 9.59 Å². The molecule has 1 fully saturated rings.